The maximum atomic E-state index is 8.60. The van der Waals surface area contributed by atoms with E-state index in [1.54, 1.807) is 12.1 Å². The molecule has 0 aliphatic carbocycles. The van der Waals surface area contributed by atoms with E-state index in [2.05, 4.69) is 32.2 Å². The zero-order valence-corrected chi connectivity index (χ0v) is 7.59. The molecule has 0 saturated carbocycles. The van der Waals surface area contributed by atoms with Crippen LogP contribution >= 0.6 is 15.9 Å². The topological polar surface area (TPSA) is 52.5 Å². The Morgan fingerprint density at radius 2 is 2.33 bits per heavy atom. The molecule has 0 amide bonds. The third kappa shape index (κ3) is 0.990. The van der Waals surface area contributed by atoms with Gasteiger partial charge in [-0.2, -0.15) is 10.4 Å². The Kier molecular flexibility index (Phi) is 1.59. The molecule has 0 aliphatic rings. The number of hydrogen-bond donors (Lipinski definition) is 1. The minimum Gasteiger partial charge on any atom is -0.270 e. The van der Waals surface area contributed by atoms with Crippen LogP contribution in [0.2, 0.25) is 0 Å². The number of rotatable bonds is 0. The van der Waals surface area contributed by atoms with Gasteiger partial charge in [-0.25, -0.2) is 0 Å². The highest BCUT2D eigenvalue weighted by atomic mass is 79.9. The number of fused-ring (bicyclic) bond motifs is 1. The van der Waals surface area contributed by atoms with E-state index in [4.69, 9.17) is 5.26 Å². The van der Waals surface area contributed by atoms with Crippen molar-refractivity contribution in [2.24, 2.45) is 0 Å². The van der Waals surface area contributed by atoms with Gasteiger partial charge in [0.25, 0.3) is 0 Å². The van der Waals surface area contributed by atoms with Gasteiger partial charge in [0, 0.05) is 5.39 Å². The van der Waals surface area contributed by atoms with E-state index < -0.39 is 0 Å². The number of nitrogens with one attached hydrogen (secondary N) is 1. The van der Waals surface area contributed by atoms with Crippen LogP contribution in [0.1, 0.15) is 5.56 Å². The molecule has 0 saturated heterocycles. The normalized spacial score (nSPS) is 10.0. The van der Waals surface area contributed by atoms with Crippen LogP contribution in [0, 0.1) is 11.3 Å². The lowest BCUT2D eigenvalue weighted by atomic mass is 10.2. The summed E-state index contributed by atoms with van der Waals surface area (Å²) in [5.41, 5.74) is 1.43. The number of benzene rings is 1. The number of aromatic nitrogens is 2. The molecular weight excluding hydrogens is 218 g/mol. The summed E-state index contributed by atoms with van der Waals surface area (Å²) in [6.07, 6.45) is 0. The van der Waals surface area contributed by atoms with Crippen LogP contribution < -0.4 is 0 Å². The van der Waals surface area contributed by atoms with Crippen LogP contribution in [-0.4, -0.2) is 10.2 Å². The maximum Gasteiger partial charge on any atom is 0.108 e. The Morgan fingerprint density at radius 3 is 3.08 bits per heavy atom. The molecule has 2 rings (SSSR count). The molecule has 0 aliphatic heterocycles. The van der Waals surface area contributed by atoms with Gasteiger partial charge in [0.05, 0.1) is 17.1 Å². The van der Waals surface area contributed by atoms with Crippen molar-refractivity contribution in [3.63, 3.8) is 0 Å². The molecule has 1 heterocycles. The predicted molar refractivity (Wildman–Crippen MR) is 48.5 cm³/mol. The molecule has 58 valence electrons. The summed E-state index contributed by atoms with van der Waals surface area (Å²) in [7, 11) is 0. The summed E-state index contributed by atoms with van der Waals surface area (Å²) < 4.78 is 0.849. The third-order valence-electron chi connectivity index (χ3n) is 1.64. The Hall–Kier alpha value is -1.34. The summed E-state index contributed by atoms with van der Waals surface area (Å²) in [5.74, 6) is 0. The first-order valence-corrected chi connectivity index (χ1v) is 4.14. The summed E-state index contributed by atoms with van der Waals surface area (Å²) >= 11 is 3.31. The molecule has 2 aromatic rings. The lowest BCUT2D eigenvalue weighted by Crippen LogP contribution is -1.73. The van der Waals surface area contributed by atoms with Crippen LogP contribution in [-0.2, 0) is 0 Å². The van der Waals surface area contributed by atoms with Gasteiger partial charge in [0.2, 0.25) is 0 Å². The zero-order chi connectivity index (χ0) is 8.55. The number of nitriles is 1. The van der Waals surface area contributed by atoms with Crippen molar-refractivity contribution in [2.45, 2.75) is 0 Å². The summed E-state index contributed by atoms with van der Waals surface area (Å²) in [4.78, 5) is 0. The standard InChI is InChI=1S/C8H4BrN3/c9-8-6-2-1-5(4-10)3-7(6)11-12-8/h1-3H,(H,11,12). The quantitative estimate of drug-likeness (QED) is 0.742. The van der Waals surface area contributed by atoms with Crippen LogP contribution in [0.15, 0.2) is 22.8 Å². The van der Waals surface area contributed by atoms with Crippen LogP contribution in [0.4, 0.5) is 0 Å². The van der Waals surface area contributed by atoms with E-state index in [1.165, 1.54) is 0 Å². The zero-order valence-electron chi connectivity index (χ0n) is 6.00. The molecular formula is C8H4BrN3. The second-order valence-electron chi connectivity index (χ2n) is 2.38. The van der Waals surface area contributed by atoms with Gasteiger partial charge in [-0.1, -0.05) is 0 Å². The van der Waals surface area contributed by atoms with Gasteiger partial charge in [-0.05, 0) is 34.1 Å². The lowest BCUT2D eigenvalue weighted by Gasteiger charge is -1.88. The Morgan fingerprint density at radius 1 is 1.50 bits per heavy atom. The number of hydrogen-bond acceptors (Lipinski definition) is 2. The van der Waals surface area contributed by atoms with Crippen molar-refractivity contribution in [1.29, 1.82) is 5.26 Å². The molecule has 1 N–H and O–H groups in total. The molecule has 0 unspecified atom stereocenters. The molecule has 1 aromatic carbocycles. The number of nitrogens with zero attached hydrogens (tertiary/aromatic N) is 2. The van der Waals surface area contributed by atoms with Crippen molar-refractivity contribution in [1.82, 2.24) is 10.2 Å². The monoisotopic (exact) mass is 221 g/mol. The van der Waals surface area contributed by atoms with Crippen molar-refractivity contribution in [2.75, 3.05) is 0 Å². The van der Waals surface area contributed by atoms with E-state index in [-0.39, 0.29) is 0 Å². The van der Waals surface area contributed by atoms with E-state index in [1.807, 2.05) is 6.07 Å². The fourth-order valence-corrected chi connectivity index (χ4v) is 1.47. The van der Waals surface area contributed by atoms with E-state index >= 15 is 0 Å². The average molecular weight is 222 g/mol. The second kappa shape index (κ2) is 2.61. The fourth-order valence-electron chi connectivity index (χ4n) is 1.05. The molecule has 1 aromatic heterocycles. The third-order valence-corrected chi connectivity index (χ3v) is 2.24. The van der Waals surface area contributed by atoms with Crippen molar-refractivity contribution < 1.29 is 0 Å². The number of H-pyrrole nitrogens is 1. The predicted octanol–water partition coefficient (Wildman–Crippen LogP) is 2.20. The summed E-state index contributed by atoms with van der Waals surface area (Å²) in [5, 5.41) is 16.4. The van der Waals surface area contributed by atoms with Gasteiger partial charge in [-0.15, -0.1) is 0 Å². The highest BCUT2D eigenvalue weighted by Gasteiger charge is 2.01. The molecule has 0 spiro atoms. The number of aromatic amines is 1. The molecule has 3 nitrogen and oxygen atoms in total. The highest BCUT2D eigenvalue weighted by molar-refractivity contribution is 9.10. The van der Waals surface area contributed by atoms with E-state index in [0.29, 0.717) is 5.56 Å². The van der Waals surface area contributed by atoms with E-state index in [0.717, 1.165) is 15.5 Å². The van der Waals surface area contributed by atoms with Gasteiger partial charge in [0.15, 0.2) is 0 Å². The van der Waals surface area contributed by atoms with Crippen LogP contribution in [0.3, 0.4) is 0 Å². The summed E-state index contributed by atoms with van der Waals surface area (Å²) in [6, 6.07) is 7.43. The minimum atomic E-state index is 0.626. The smallest absolute Gasteiger partial charge is 0.108 e. The molecule has 0 bridgehead atoms. The van der Waals surface area contributed by atoms with Crippen LogP contribution in [0.25, 0.3) is 10.9 Å². The molecule has 4 heteroatoms. The second-order valence-corrected chi connectivity index (χ2v) is 3.17. The Labute approximate surface area is 77.1 Å². The molecule has 0 atom stereocenters. The van der Waals surface area contributed by atoms with Gasteiger partial charge >= 0.3 is 0 Å². The van der Waals surface area contributed by atoms with Gasteiger partial charge < -0.3 is 0 Å². The maximum absolute atomic E-state index is 8.60. The number of halogens is 1. The van der Waals surface area contributed by atoms with E-state index in [9.17, 15) is 0 Å². The molecule has 0 radical (unpaired) electrons. The first kappa shape index (κ1) is 7.32. The minimum absolute atomic E-state index is 0.626. The van der Waals surface area contributed by atoms with Crippen molar-refractivity contribution in [3.05, 3.63) is 28.4 Å². The molecule has 12 heavy (non-hydrogen) atoms. The SMILES string of the molecule is N#Cc1ccc2c(Br)[nH]nc2c1. The van der Waals surface area contributed by atoms with Crippen molar-refractivity contribution in [3.8, 4) is 6.07 Å². The first-order chi connectivity index (χ1) is 5.81. The first-order valence-electron chi connectivity index (χ1n) is 3.35. The highest BCUT2D eigenvalue weighted by Crippen LogP contribution is 2.21. The van der Waals surface area contributed by atoms with Crippen LogP contribution in [0.5, 0.6) is 0 Å². The lowest BCUT2D eigenvalue weighted by molar-refractivity contribution is 1.10. The Bertz CT molecular complexity index is 467. The van der Waals surface area contributed by atoms with Gasteiger partial charge in [0.1, 0.15) is 4.60 Å². The fraction of sp³-hybridized carbons (Fsp3) is 0. The van der Waals surface area contributed by atoms with Gasteiger partial charge in [-0.3, -0.25) is 5.10 Å². The Balaban J connectivity index is 2.80. The molecule has 0 fully saturated rings. The van der Waals surface area contributed by atoms with Crippen molar-refractivity contribution >= 4 is 26.8 Å². The largest absolute Gasteiger partial charge is 0.270 e. The summed E-state index contributed by atoms with van der Waals surface area (Å²) in [6.45, 7) is 0. The average Bonchev–Trinajstić information content (AvgIpc) is 2.47.